The van der Waals surface area contributed by atoms with Gasteiger partial charge in [0.25, 0.3) is 0 Å². The summed E-state index contributed by atoms with van der Waals surface area (Å²) < 4.78 is 8.93. The van der Waals surface area contributed by atoms with Crippen LogP contribution >= 0.6 is 0 Å². The van der Waals surface area contributed by atoms with Crippen molar-refractivity contribution in [3.8, 4) is 0 Å². The predicted molar refractivity (Wildman–Crippen MR) is 46.7 cm³/mol. The molecule has 13 heavy (non-hydrogen) atoms. The first kappa shape index (κ1) is 11.4. The molecule has 0 amide bonds. The van der Waals surface area contributed by atoms with Gasteiger partial charge in [-0.1, -0.05) is 12.2 Å². The molecule has 72 valence electrons. The molecule has 0 fully saturated rings. The van der Waals surface area contributed by atoms with Crippen molar-refractivity contribution in [2.45, 2.75) is 13.8 Å². The van der Waals surface area contributed by atoms with E-state index in [0.717, 1.165) is 11.6 Å². The molecule has 0 rings (SSSR count). The molecule has 0 aliphatic rings. The van der Waals surface area contributed by atoms with Gasteiger partial charge in [-0.3, -0.25) is 0 Å². The molecule has 0 saturated heterocycles. The summed E-state index contributed by atoms with van der Waals surface area (Å²) in [7, 11) is 0. The number of rotatable bonds is 4. The van der Waals surface area contributed by atoms with Gasteiger partial charge in [0.2, 0.25) is 6.79 Å². The van der Waals surface area contributed by atoms with E-state index < -0.39 is 11.9 Å². The molecular formula is C9H12O4. The Labute approximate surface area is 76.8 Å². The molecule has 0 N–H and O–H groups in total. The Morgan fingerprint density at radius 3 is 2.23 bits per heavy atom. The Balaban J connectivity index is 3.66. The highest BCUT2D eigenvalue weighted by Gasteiger charge is 1.99. The van der Waals surface area contributed by atoms with Gasteiger partial charge < -0.3 is 9.47 Å². The summed E-state index contributed by atoms with van der Waals surface area (Å²) in [5.74, 6) is -1.15. The third-order valence-corrected chi connectivity index (χ3v) is 0.976. The quantitative estimate of drug-likeness (QED) is 0.374. The maximum Gasteiger partial charge on any atom is 0.333 e. The second-order valence-electron chi connectivity index (χ2n) is 2.47. The van der Waals surface area contributed by atoms with Crippen molar-refractivity contribution in [3.63, 3.8) is 0 Å². The van der Waals surface area contributed by atoms with E-state index in [-0.39, 0.29) is 6.79 Å². The lowest BCUT2D eigenvalue weighted by molar-refractivity contribution is -0.160. The molecule has 0 aromatic heterocycles. The number of carbonyl (C=O) groups is 2. The van der Waals surface area contributed by atoms with Gasteiger partial charge in [-0.2, -0.15) is 0 Å². The van der Waals surface area contributed by atoms with E-state index >= 15 is 0 Å². The zero-order valence-electron chi connectivity index (χ0n) is 7.70. The molecule has 0 unspecified atom stereocenters. The number of ether oxygens (including phenoxy) is 2. The smallest absolute Gasteiger partial charge is 0.333 e. The molecular weight excluding hydrogens is 172 g/mol. The SMILES string of the molecule is C=CC(=O)OCOC(=O)C=C(C)C. The minimum atomic E-state index is -0.620. The van der Waals surface area contributed by atoms with Crippen LogP contribution in [0.3, 0.4) is 0 Å². The lowest BCUT2D eigenvalue weighted by atomic mass is 10.3. The lowest BCUT2D eigenvalue weighted by Crippen LogP contribution is -2.09. The van der Waals surface area contributed by atoms with Crippen LogP contribution in [0.4, 0.5) is 0 Å². The van der Waals surface area contributed by atoms with Crippen molar-refractivity contribution >= 4 is 11.9 Å². The highest BCUT2D eigenvalue weighted by atomic mass is 16.7. The van der Waals surface area contributed by atoms with Crippen LogP contribution in [-0.2, 0) is 19.1 Å². The van der Waals surface area contributed by atoms with Crippen LogP contribution in [0.5, 0.6) is 0 Å². The van der Waals surface area contributed by atoms with E-state index in [1.807, 2.05) is 0 Å². The predicted octanol–water partition coefficient (Wildman–Crippen LogP) is 1.18. The lowest BCUT2D eigenvalue weighted by Gasteiger charge is -2.01. The van der Waals surface area contributed by atoms with Crippen molar-refractivity contribution in [2.75, 3.05) is 6.79 Å². The van der Waals surface area contributed by atoms with Crippen LogP contribution in [0.1, 0.15) is 13.8 Å². The summed E-state index contributed by atoms with van der Waals surface area (Å²) in [4.78, 5) is 21.3. The highest BCUT2D eigenvalue weighted by molar-refractivity contribution is 5.83. The van der Waals surface area contributed by atoms with Crippen LogP contribution < -0.4 is 0 Å². The van der Waals surface area contributed by atoms with Crippen LogP contribution in [0.15, 0.2) is 24.3 Å². The normalized spacial score (nSPS) is 8.46. The maximum atomic E-state index is 10.8. The molecule has 4 heteroatoms. The summed E-state index contributed by atoms with van der Waals surface area (Å²) in [5.41, 5.74) is 0.819. The van der Waals surface area contributed by atoms with E-state index in [9.17, 15) is 9.59 Å². The standard InChI is InChI=1S/C9H12O4/c1-4-8(10)12-6-13-9(11)5-7(2)3/h4-5H,1,6H2,2-3H3. The zero-order chi connectivity index (χ0) is 10.3. The molecule has 0 atom stereocenters. The Morgan fingerprint density at radius 2 is 1.77 bits per heavy atom. The van der Waals surface area contributed by atoms with Gasteiger partial charge in [0.15, 0.2) is 0 Å². The minimum absolute atomic E-state index is 0.381. The van der Waals surface area contributed by atoms with Crippen LogP contribution in [0.25, 0.3) is 0 Å². The number of carbonyl (C=O) groups excluding carboxylic acids is 2. The van der Waals surface area contributed by atoms with Crippen molar-refractivity contribution in [3.05, 3.63) is 24.3 Å². The van der Waals surface area contributed by atoms with E-state index in [4.69, 9.17) is 0 Å². The molecule has 0 heterocycles. The van der Waals surface area contributed by atoms with Crippen LogP contribution in [-0.4, -0.2) is 18.7 Å². The maximum absolute atomic E-state index is 10.8. The van der Waals surface area contributed by atoms with Crippen molar-refractivity contribution in [1.82, 2.24) is 0 Å². The molecule has 4 nitrogen and oxygen atoms in total. The zero-order valence-corrected chi connectivity index (χ0v) is 7.70. The first-order chi connectivity index (χ1) is 6.06. The highest BCUT2D eigenvalue weighted by Crippen LogP contribution is 1.91. The molecule has 0 bridgehead atoms. The minimum Gasteiger partial charge on any atom is -0.425 e. The average Bonchev–Trinajstić information content (AvgIpc) is 2.02. The number of allylic oxidation sites excluding steroid dienone is 1. The molecule has 0 aliphatic heterocycles. The Morgan fingerprint density at radius 1 is 1.23 bits per heavy atom. The van der Waals surface area contributed by atoms with Gasteiger partial charge in [0.05, 0.1) is 0 Å². The van der Waals surface area contributed by atoms with E-state index in [0.29, 0.717) is 0 Å². The Hall–Kier alpha value is -1.58. The van der Waals surface area contributed by atoms with E-state index in [1.54, 1.807) is 13.8 Å². The van der Waals surface area contributed by atoms with Crippen LogP contribution in [0.2, 0.25) is 0 Å². The Kier molecular flexibility index (Phi) is 5.27. The summed E-state index contributed by atoms with van der Waals surface area (Å²) in [5, 5.41) is 0. The van der Waals surface area contributed by atoms with Crippen LogP contribution in [0, 0.1) is 0 Å². The van der Waals surface area contributed by atoms with E-state index in [1.165, 1.54) is 6.08 Å². The summed E-state index contributed by atoms with van der Waals surface area (Å²) >= 11 is 0. The fraction of sp³-hybridized carbons (Fsp3) is 0.333. The number of esters is 2. The molecule has 0 aliphatic carbocycles. The Bertz CT molecular complexity index is 236. The fourth-order valence-electron chi connectivity index (χ4n) is 0.482. The first-order valence-electron chi connectivity index (χ1n) is 3.67. The number of hydrogen-bond donors (Lipinski definition) is 0. The summed E-state index contributed by atoms with van der Waals surface area (Å²) in [6.07, 6.45) is 2.30. The van der Waals surface area contributed by atoms with E-state index in [2.05, 4.69) is 16.1 Å². The van der Waals surface area contributed by atoms with Gasteiger partial charge in [0, 0.05) is 12.2 Å². The topological polar surface area (TPSA) is 52.6 Å². The fourth-order valence-corrected chi connectivity index (χ4v) is 0.482. The summed E-state index contributed by atoms with van der Waals surface area (Å²) in [6, 6.07) is 0. The van der Waals surface area contributed by atoms with Crippen molar-refractivity contribution in [1.29, 1.82) is 0 Å². The molecule has 0 saturated carbocycles. The average molecular weight is 184 g/mol. The largest absolute Gasteiger partial charge is 0.425 e. The monoisotopic (exact) mass is 184 g/mol. The molecule has 0 aromatic rings. The molecule has 0 radical (unpaired) electrons. The van der Waals surface area contributed by atoms with Crippen molar-refractivity contribution < 1.29 is 19.1 Å². The molecule has 0 aromatic carbocycles. The van der Waals surface area contributed by atoms with Gasteiger partial charge in [0.1, 0.15) is 0 Å². The second kappa shape index (κ2) is 5.99. The van der Waals surface area contributed by atoms with Gasteiger partial charge in [-0.15, -0.1) is 0 Å². The first-order valence-corrected chi connectivity index (χ1v) is 3.67. The van der Waals surface area contributed by atoms with Crippen molar-refractivity contribution in [2.24, 2.45) is 0 Å². The second-order valence-corrected chi connectivity index (χ2v) is 2.47. The van der Waals surface area contributed by atoms with Gasteiger partial charge in [-0.05, 0) is 13.8 Å². The number of hydrogen-bond acceptors (Lipinski definition) is 4. The third kappa shape index (κ3) is 6.80. The van der Waals surface area contributed by atoms with Gasteiger partial charge in [-0.25, -0.2) is 9.59 Å². The molecule has 0 spiro atoms. The third-order valence-electron chi connectivity index (χ3n) is 0.976. The summed E-state index contributed by atoms with van der Waals surface area (Å²) in [6.45, 7) is 6.32. The van der Waals surface area contributed by atoms with Gasteiger partial charge >= 0.3 is 11.9 Å².